The molecule has 0 radical (unpaired) electrons. The molecule has 0 saturated carbocycles. The summed E-state index contributed by atoms with van der Waals surface area (Å²) in [6.07, 6.45) is 1.63. The Balaban J connectivity index is 1.99. The van der Waals surface area contributed by atoms with E-state index >= 15 is 0 Å². The highest BCUT2D eigenvalue weighted by Gasteiger charge is 2.16. The van der Waals surface area contributed by atoms with Gasteiger partial charge in [-0.15, -0.1) is 0 Å². The van der Waals surface area contributed by atoms with Gasteiger partial charge < -0.3 is 10.1 Å². The molecule has 116 valence electrons. The topological polar surface area (TPSA) is 77.0 Å². The molecule has 1 aromatic carbocycles. The minimum absolute atomic E-state index is 0.279. The molecule has 3 aromatic rings. The van der Waals surface area contributed by atoms with Gasteiger partial charge >= 0.3 is 6.01 Å². The van der Waals surface area contributed by atoms with Gasteiger partial charge in [-0.25, -0.2) is 0 Å². The first-order chi connectivity index (χ1) is 11.1. The molecular formula is C17H16N4O2. The standard InChI is InChI=1S/C17H16N4O2/c1-10-14(11(2)20-17(19-10)23-3)21-16(22)15-13-7-5-4-6-12(13)8-9-18-15/h4-9H,1-3H3,(H,21,22). The summed E-state index contributed by atoms with van der Waals surface area (Å²) in [6, 6.07) is 9.78. The van der Waals surface area contributed by atoms with Crippen LogP contribution in [0, 0.1) is 13.8 Å². The molecule has 0 saturated heterocycles. The second-order valence-electron chi connectivity index (χ2n) is 5.09. The molecule has 6 heteroatoms. The maximum atomic E-state index is 12.6. The highest BCUT2D eigenvalue weighted by atomic mass is 16.5. The van der Waals surface area contributed by atoms with Crippen LogP contribution in [0.25, 0.3) is 10.8 Å². The average molecular weight is 308 g/mol. The van der Waals surface area contributed by atoms with Crippen molar-refractivity contribution < 1.29 is 9.53 Å². The Morgan fingerprint density at radius 1 is 1.09 bits per heavy atom. The summed E-state index contributed by atoms with van der Waals surface area (Å²) in [5.74, 6) is -0.290. The number of hydrogen-bond acceptors (Lipinski definition) is 5. The van der Waals surface area contributed by atoms with E-state index in [1.54, 1.807) is 20.0 Å². The summed E-state index contributed by atoms with van der Waals surface area (Å²) in [5.41, 5.74) is 2.23. The number of aryl methyl sites for hydroxylation is 2. The monoisotopic (exact) mass is 308 g/mol. The summed E-state index contributed by atoms with van der Waals surface area (Å²) >= 11 is 0. The third kappa shape index (κ3) is 2.83. The molecule has 1 amide bonds. The van der Waals surface area contributed by atoms with E-state index in [1.165, 1.54) is 7.11 Å². The summed E-state index contributed by atoms with van der Waals surface area (Å²) in [6.45, 7) is 3.59. The molecule has 2 heterocycles. The van der Waals surface area contributed by atoms with Crippen LogP contribution in [0.2, 0.25) is 0 Å². The summed E-state index contributed by atoms with van der Waals surface area (Å²) < 4.78 is 5.03. The summed E-state index contributed by atoms with van der Waals surface area (Å²) in [7, 11) is 1.51. The van der Waals surface area contributed by atoms with Gasteiger partial charge in [0.1, 0.15) is 5.69 Å². The van der Waals surface area contributed by atoms with E-state index in [2.05, 4.69) is 20.3 Å². The lowest BCUT2D eigenvalue weighted by Crippen LogP contribution is -2.17. The lowest BCUT2D eigenvalue weighted by molar-refractivity contribution is 0.102. The van der Waals surface area contributed by atoms with E-state index in [1.807, 2.05) is 30.3 Å². The van der Waals surface area contributed by atoms with Crippen LogP contribution in [0.15, 0.2) is 36.5 Å². The van der Waals surface area contributed by atoms with Gasteiger partial charge in [-0.1, -0.05) is 24.3 Å². The number of rotatable bonds is 3. The lowest BCUT2D eigenvalue weighted by atomic mass is 10.1. The average Bonchev–Trinajstić information content (AvgIpc) is 2.57. The van der Waals surface area contributed by atoms with E-state index in [0.717, 1.165) is 10.8 Å². The maximum Gasteiger partial charge on any atom is 0.316 e. The van der Waals surface area contributed by atoms with Crippen molar-refractivity contribution >= 4 is 22.4 Å². The number of carbonyl (C=O) groups excluding carboxylic acids is 1. The second kappa shape index (κ2) is 6.00. The molecule has 1 N–H and O–H groups in total. The Morgan fingerprint density at radius 3 is 2.48 bits per heavy atom. The smallest absolute Gasteiger partial charge is 0.316 e. The number of aromatic nitrogens is 3. The number of pyridine rings is 1. The van der Waals surface area contributed by atoms with E-state index in [4.69, 9.17) is 4.74 Å². The number of amides is 1. The van der Waals surface area contributed by atoms with Crippen molar-refractivity contribution in [3.63, 3.8) is 0 Å². The van der Waals surface area contributed by atoms with Gasteiger partial charge in [-0.3, -0.25) is 9.78 Å². The molecule has 0 spiro atoms. The fourth-order valence-electron chi connectivity index (χ4n) is 2.43. The van der Waals surface area contributed by atoms with Crippen LogP contribution in [0.5, 0.6) is 6.01 Å². The molecule has 0 fully saturated rings. The zero-order valence-corrected chi connectivity index (χ0v) is 13.1. The minimum atomic E-state index is -0.290. The lowest BCUT2D eigenvalue weighted by Gasteiger charge is -2.12. The number of fused-ring (bicyclic) bond motifs is 1. The number of methoxy groups -OCH3 is 1. The van der Waals surface area contributed by atoms with E-state index < -0.39 is 0 Å². The number of hydrogen-bond donors (Lipinski definition) is 1. The maximum absolute atomic E-state index is 12.6. The van der Waals surface area contributed by atoms with Crippen LogP contribution in [0.4, 0.5) is 5.69 Å². The SMILES string of the molecule is COc1nc(C)c(NC(=O)c2nccc3ccccc23)c(C)n1. The van der Waals surface area contributed by atoms with Crippen molar-refractivity contribution in [2.45, 2.75) is 13.8 Å². The quantitative estimate of drug-likeness (QED) is 0.805. The number of carbonyl (C=O) groups is 1. The molecular weight excluding hydrogens is 292 g/mol. The number of nitrogens with one attached hydrogen (secondary N) is 1. The van der Waals surface area contributed by atoms with Crippen molar-refractivity contribution in [1.82, 2.24) is 15.0 Å². The van der Waals surface area contributed by atoms with Crippen molar-refractivity contribution in [2.24, 2.45) is 0 Å². The third-order valence-corrected chi connectivity index (χ3v) is 3.56. The van der Waals surface area contributed by atoms with E-state index in [9.17, 15) is 4.79 Å². The van der Waals surface area contributed by atoms with Gasteiger partial charge in [0.2, 0.25) is 0 Å². The number of ether oxygens (including phenoxy) is 1. The Morgan fingerprint density at radius 2 is 1.78 bits per heavy atom. The molecule has 0 aliphatic carbocycles. The molecule has 0 bridgehead atoms. The zero-order valence-electron chi connectivity index (χ0n) is 13.1. The molecule has 0 aliphatic heterocycles. The summed E-state index contributed by atoms with van der Waals surface area (Å²) in [5, 5.41) is 4.62. The van der Waals surface area contributed by atoms with Crippen LogP contribution in [0.3, 0.4) is 0 Å². The van der Waals surface area contributed by atoms with E-state index in [-0.39, 0.29) is 11.9 Å². The molecule has 3 rings (SSSR count). The first-order valence-corrected chi connectivity index (χ1v) is 7.14. The number of benzene rings is 1. The molecule has 6 nitrogen and oxygen atoms in total. The Bertz CT molecular complexity index is 864. The summed E-state index contributed by atoms with van der Waals surface area (Å²) in [4.78, 5) is 25.2. The van der Waals surface area contributed by atoms with E-state index in [0.29, 0.717) is 22.8 Å². The van der Waals surface area contributed by atoms with Gasteiger partial charge in [-0.05, 0) is 25.3 Å². The second-order valence-corrected chi connectivity index (χ2v) is 5.09. The fourth-order valence-corrected chi connectivity index (χ4v) is 2.43. The Hall–Kier alpha value is -3.02. The van der Waals surface area contributed by atoms with Crippen molar-refractivity contribution in [1.29, 1.82) is 0 Å². The first-order valence-electron chi connectivity index (χ1n) is 7.14. The van der Waals surface area contributed by atoms with Crippen LogP contribution >= 0.6 is 0 Å². The normalized spacial score (nSPS) is 10.6. The third-order valence-electron chi connectivity index (χ3n) is 3.56. The largest absolute Gasteiger partial charge is 0.467 e. The fraction of sp³-hybridized carbons (Fsp3) is 0.176. The van der Waals surface area contributed by atoms with Crippen LogP contribution in [-0.4, -0.2) is 28.0 Å². The van der Waals surface area contributed by atoms with Gasteiger partial charge in [0.25, 0.3) is 5.91 Å². The van der Waals surface area contributed by atoms with Crippen LogP contribution in [0.1, 0.15) is 21.9 Å². The first kappa shape index (κ1) is 14.9. The van der Waals surface area contributed by atoms with Gasteiger partial charge in [-0.2, -0.15) is 9.97 Å². The highest BCUT2D eigenvalue weighted by Crippen LogP contribution is 2.22. The van der Waals surface area contributed by atoms with Crippen LogP contribution < -0.4 is 10.1 Å². The predicted molar refractivity (Wildman–Crippen MR) is 87.8 cm³/mol. The Labute approximate surface area is 133 Å². The number of nitrogens with zero attached hydrogens (tertiary/aromatic N) is 3. The molecule has 0 unspecified atom stereocenters. The van der Waals surface area contributed by atoms with Crippen LogP contribution in [-0.2, 0) is 0 Å². The molecule has 0 aliphatic rings. The number of anilines is 1. The minimum Gasteiger partial charge on any atom is -0.467 e. The van der Waals surface area contributed by atoms with Gasteiger partial charge in [0.15, 0.2) is 0 Å². The van der Waals surface area contributed by atoms with Crippen molar-refractivity contribution in [3.05, 3.63) is 53.6 Å². The predicted octanol–water partition coefficient (Wildman–Crippen LogP) is 2.90. The molecule has 2 aromatic heterocycles. The molecule has 0 atom stereocenters. The van der Waals surface area contributed by atoms with Gasteiger partial charge in [0, 0.05) is 11.6 Å². The molecule has 23 heavy (non-hydrogen) atoms. The highest BCUT2D eigenvalue weighted by molar-refractivity contribution is 6.11. The zero-order chi connectivity index (χ0) is 16.4. The Kier molecular flexibility index (Phi) is 3.89. The van der Waals surface area contributed by atoms with Crippen molar-refractivity contribution in [2.75, 3.05) is 12.4 Å². The van der Waals surface area contributed by atoms with Gasteiger partial charge in [0.05, 0.1) is 24.2 Å². The van der Waals surface area contributed by atoms with Crippen molar-refractivity contribution in [3.8, 4) is 6.01 Å².